The summed E-state index contributed by atoms with van der Waals surface area (Å²) in [6.45, 7) is 6.93. The fourth-order valence-corrected chi connectivity index (χ4v) is 3.50. The Hall–Kier alpha value is -2.62. The van der Waals surface area contributed by atoms with Crippen LogP contribution in [-0.2, 0) is 11.2 Å². The molecule has 0 saturated heterocycles. The summed E-state index contributed by atoms with van der Waals surface area (Å²) < 4.78 is 13.4. The van der Waals surface area contributed by atoms with Crippen molar-refractivity contribution in [2.45, 2.75) is 39.5 Å². The number of benzene rings is 2. The van der Waals surface area contributed by atoms with E-state index in [0.717, 1.165) is 28.5 Å². The second-order valence-corrected chi connectivity index (χ2v) is 7.44. The number of H-pyrrole nitrogens is 1. The van der Waals surface area contributed by atoms with E-state index in [4.69, 9.17) is 0 Å². The number of hydrogen-bond donors (Lipinski definition) is 2. The van der Waals surface area contributed by atoms with Crippen molar-refractivity contribution in [1.29, 1.82) is 0 Å². The third kappa shape index (κ3) is 4.38. The molecule has 2 aromatic carbocycles. The van der Waals surface area contributed by atoms with Crippen LogP contribution in [0.4, 0.5) is 4.39 Å². The van der Waals surface area contributed by atoms with E-state index < -0.39 is 0 Å². The molecule has 1 heterocycles. The summed E-state index contributed by atoms with van der Waals surface area (Å²) in [5.74, 6) is 0.0185. The maximum atomic E-state index is 13.4. The first-order valence-corrected chi connectivity index (χ1v) is 9.60. The molecule has 0 aliphatic carbocycles. The minimum atomic E-state index is -0.269. The van der Waals surface area contributed by atoms with Crippen LogP contribution < -0.4 is 5.32 Å². The van der Waals surface area contributed by atoms with Gasteiger partial charge in [0.15, 0.2) is 0 Å². The van der Waals surface area contributed by atoms with Gasteiger partial charge in [0.25, 0.3) is 0 Å². The molecule has 1 aromatic heterocycles. The zero-order valence-electron chi connectivity index (χ0n) is 16.2. The number of hydrogen-bond acceptors (Lipinski definition) is 1. The van der Waals surface area contributed by atoms with Gasteiger partial charge in [-0.3, -0.25) is 4.79 Å². The number of amides is 1. The molecule has 2 N–H and O–H groups in total. The summed E-state index contributed by atoms with van der Waals surface area (Å²) in [5, 5.41) is 4.13. The number of fused-ring (bicyclic) bond motifs is 1. The quantitative estimate of drug-likeness (QED) is 0.596. The molecule has 1 atom stereocenters. The second-order valence-electron chi connectivity index (χ2n) is 7.44. The zero-order chi connectivity index (χ0) is 19.4. The number of carbonyl (C=O) groups excluding carboxylic acids is 1. The van der Waals surface area contributed by atoms with Crippen molar-refractivity contribution in [3.05, 3.63) is 71.2 Å². The van der Waals surface area contributed by atoms with E-state index in [1.807, 2.05) is 6.20 Å². The van der Waals surface area contributed by atoms with E-state index in [-0.39, 0.29) is 17.6 Å². The first-order valence-electron chi connectivity index (χ1n) is 9.60. The highest BCUT2D eigenvalue weighted by Crippen LogP contribution is 2.34. The van der Waals surface area contributed by atoms with Crippen molar-refractivity contribution < 1.29 is 9.18 Å². The van der Waals surface area contributed by atoms with Gasteiger partial charge in [0.05, 0.1) is 0 Å². The summed E-state index contributed by atoms with van der Waals surface area (Å²) in [7, 11) is 0. The van der Waals surface area contributed by atoms with Gasteiger partial charge >= 0.3 is 0 Å². The third-order valence-corrected chi connectivity index (χ3v) is 4.96. The molecule has 0 aliphatic heterocycles. The summed E-state index contributed by atoms with van der Waals surface area (Å²) in [6.07, 6.45) is 3.27. The Balaban J connectivity index is 1.99. The number of nitrogens with one attached hydrogen (secondary N) is 2. The van der Waals surface area contributed by atoms with E-state index in [0.29, 0.717) is 18.9 Å². The number of aryl methyl sites for hydroxylation is 1. The van der Waals surface area contributed by atoms with Crippen LogP contribution in [0, 0.1) is 11.7 Å². The molecule has 0 fully saturated rings. The third-order valence-electron chi connectivity index (χ3n) is 4.96. The maximum Gasteiger partial charge on any atom is 0.220 e. The number of aromatic nitrogens is 1. The molecular formula is C23H27FN2O. The maximum absolute atomic E-state index is 13.4. The van der Waals surface area contributed by atoms with Gasteiger partial charge in [-0.15, -0.1) is 0 Å². The monoisotopic (exact) mass is 366 g/mol. The van der Waals surface area contributed by atoms with E-state index in [9.17, 15) is 9.18 Å². The number of aromatic amines is 1. The van der Waals surface area contributed by atoms with Gasteiger partial charge < -0.3 is 10.3 Å². The zero-order valence-corrected chi connectivity index (χ0v) is 16.2. The molecule has 27 heavy (non-hydrogen) atoms. The molecule has 4 heteroatoms. The number of carbonyl (C=O) groups is 1. The molecule has 1 unspecified atom stereocenters. The molecule has 142 valence electrons. The minimum Gasteiger partial charge on any atom is -0.361 e. The smallest absolute Gasteiger partial charge is 0.220 e. The molecule has 3 nitrogen and oxygen atoms in total. The van der Waals surface area contributed by atoms with Crippen molar-refractivity contribution >= 4 is 16.8 Å². The Morgan fingerprint density at radius 2 is 1.89 bits per heavy atom. The molecule has 0 saturated carbocycles. The predicted molar refractivity (Wildman–Crippen MR) is 108 cm³/mol. The fraction of sp³-hybridized carbons (Fsp3) is 0.348. The molecule has 0 aliphatic rings. The van der Waals surface area contributed by atoms with Crippen molar-refractivity contribution in [3.8, 4) is 0 Å². The van der Waals surface area contributed by atoms with Crippen molar-refractivity contribution in [2.24, 2.45) is 5.92 Å². The highest BCUT2D eigenvalue weighted by atomic mass is 19.1. The van der Waals surface area contributed by atoms with Crippen LogP contribution in [0.15, 0.2) is 48.7 Å². The Labute approximate surface area is 160 Å². The Morgan fingerprint density at radius 1 is 1.15 bits per heavy atom. The van der Waals surface area contributed by atoms with Gasteiger partial charge in [0, 0.05) is 36.0 Å². The summed E-state index contributed by atoms with van der Waals surface area (Å²) in [6, 6.07) is 12.7. The van der Waals surface area contributed by atoms with Crippen LogP contribution in [0.2, 0.25) is 0 Å². The topological polar surface area (TPSA) is 44.9 Å². The second kappa shape index (κ2) is 8.38. The van der Waals surface area contributed by atoms with Gasteiger partial charge in [0.1, 0.15) is 5.82 Å². The number of para-hydroxylation sites is 1. The lowest BCUT2D eigenvalue weighted by Crippen LogP contribution is -2.28. The van der Waals surface area contributed by atoms with Crippen LogP contribution in [0.1, 0.15) is 49.8 Å². The lowest BCUT2D eigenvalue weighted by atomic mass is 9.87. The highest BCUT2D eigenvalue weighted by molar-refractivity contribution is 5.88. The molecule has 0 radical (unpaired) electrons. The normalized spacial score (nSPS) is 12.5. The van der Waals surface area contributed by atoms with Crippen molar-refractivity contribution in [2.75, 3.05) is 6.54 Å². The number of rotatable bonds is 7. The Morgan fingerprint density at radius 3 is 2.56 bits per heavy atom. The van der Waals surface area contributed by atoms with E-state index in [1.54, 1.807) is 12.1 Å². The fourth-order valence-electron chi connectivity index (χ4n) is 3.50. The molecule has 1 amide bonds. The molecule has 0 bridgehead atoms. The number of halogens is 1. The largest absolute Gasteiger partial charge is 0.361 e. The van der Waals surface area contributed by atoms with Gasteiger partial charge in [-0.1, -0.05) is 51.1 Å². The van der Waals surface area contributed by atoms with Gasteiger partial charge in [0.2, 0.25) is 5.91 Å². The van der Waals surface area contributed by atoms with Gasteiger partial charge in [-0.05, 0) is 41.2 Å². The predicted octanol–water partition coefficient (Wildman–Crippen LogP) is 5.16. The minimum absolute atomic E-state index is 0.0130. The lowest BCUT2D eigenvalue weighted by molar-refractivity contribution is -0.121. The van der Waals surface area contributed by atoms with Crippen LogP contribution in [0.25, 0.3) is 10.9 Å². The van der Waals surface area contributed by atoms with Crippen molar-refractivity contribution in [3.63, 3.8) is 0 Å². The van der Waals surface area contributed by atoms with Crippen molar-refractivity contribution in [1.82, 2.24) is 10.3 Å². The molecular weight excluding hydrogens is 339 g/mol. The van der Waals surface area contributed by atoms with E-state index >= 15 is 0 Å². The Bertz CT molecular complexity index is 912. The van der Waals surface area contributed by atoms with Crippen LogP contribution in [-0.4, -0.2) is 17.4 Å². The standard InChI is InChI=1S/C23H27FN2O/c1-4-16-6-5-7-19-21(14-26-23(16)19)20(12-22(27)25-13-15(2)3)17-8-10-18(24)11-9-17/h5-11,14-15,20,26H,4,12-13H2,1-3H3,(H,25,27). The summed E-state index contributed by atoms with van der Waals surface area (Å²) >= 11 is 0. The van der Waals surface area contributed by atoms with E-state index in [1.165, 1.54) is 17.7 Å². The first kappa shape index (κ1) is 19.2. The highest BCUT2D eigenvalue weighted by Gasteiger charge is 2.22. The Kier molecular flexibility index (Phi) is 5.94. The molecule has 0 spiro atoms. The summed E-state index contributed by atoms with van der Waals surface area (Å²) in [4.78, 5) is 15.9. The first-order chi connectivity index (χ1) is 13.0. The summed E-state index contributed by atoms with van der Waals surface area (Å²) in [5.41, 5.74) is 4.39. The van der Waals surface area contributed by atoms with Gasteiger partial charge in [-0.25, -0.2) is 4.39 Å². The van der Waals surface area contributed by atoms with Gasteiger partial charge in [-0.2, -0.15) is 0 Å². The molecule has 3 aromatic rings. The average molecular weight is 366 g/mol. The molecule has 3 rings (SSSR count). The average Bonchev–Trinajstić information content (AvgIpc) is 3.09. The van der Waals surface area contributed by atoms with Crippen LogP contribution in [0.3, 0.4) is 0 Å². The van der Waals surface area contributed by atoms with E-state index in [2.05, 4.69) is 49.3 Å². The van der Waals surface area contributed by atoms with Crippen LogP contribution in [0.5, 0.6) is 0 Å². The SMILES string of the molecule is CCc1cccc2c(C(CC(=O)NCC(C)C)c3ccc(F)cc3)c[nH]c12. The van der Waals surface area contributed by atoms with Crippen LogP contribution >= 0.6 is 0 Å². The lowest BCUT2D eigenvalue weighted by Gasteiger charge is -2.18.